The summed E-state index contributed by atoms with van der Waals surface area (Å²) in [7, 11) is 1.96. The molecule has 1 atom stereocenters. The summed E-state index contributed by atoms with van der Waals surface area (Å²) in [6.45, 7) is 5.27. The Kier molecular flexibility index (Phi) is 6.71. The number of rotatable bonds is 8. The predicted molar refractivity (Wildman–Crippen MR) is 73.7 cm³/mol. The van der Waals surface area contributed by atoms with Gasteiger partial charge >= 0.3 is 0 Å². The average molecular weight is 235 g/mol. The Balaban J connectivity index is 2.49. The van der Waals surface area contributed by atoms with Gasteiger partial charge in [-0.05, 0) is 44.0 Å². The van der Waals surface area contributed by atoms with Gasteiger partial charge in [-0.3, -0.25) is 0 Å². The molecule has 96 valence electrons. The number of hydrogen-bond acceptors (Lipinski definition) is 2. The molecule has 0 aliphatic heterocycles. The highest BCUT2D eigenvalue weighted by Gasteiger charge is 2.06. The number of hydrogen-bond donors (Lipinski definition) is 1. The van der Waals surface area contributed by atoms with E-state index < -0.39 is 0 Å². The van der Waals surface area contributed by atoms with Crippen LogP contribution in [0.2, 0.25) is 0 Å². The number of unbranched alkanes of at least 4 members (excludes halogenated alkanes) is 1. The van der Waals surface area contributed by atoms with E-state index in [1.54, 1.807) is 0 Å². The lowest BCUT2D eigenvalue weighted by atomic mass is 10.1. The van der Waals surface area contributed by atoms with Gasteiger partial charge in [-0.2, -0.15) is 0 Å². The number of nitrogens with one attached hydrogen (secondary N) is 1. The van der Waals surface area contributed by atoms with Crippen molar-refractivity contribution in [2.45, 2.75) is 45.6 Å². The summed E-state index contributed by atoms with van der Waals surface area (Å²) in [5.74, 6) is 0.979. The van der Waals surface area contributed by atoms with Gasteiger partial charge in [0.05, 0.1) is 0 Å². The average Bonchev–Trinajstić information content (AvgIpc) is 2.37. The first-order valence-electron chi connectivity index (χ1n) is 6.70. The van der Waals surface area contributed by atoms with Gasteiger partial charge < -0.3 is 10.1 Å². The second kappa shape index (κ2) is 8.13. The van der Waals surface area contributed by atoms with E-state index in [0.29, 0.717) is 0 Å². The lowest BCUT2D eigenvalue weighted by Gasteiger charge is -2.17. The third-order valence-electron chi connectivity index (χ3n) is 2.93. The Morgan fingerprint density at radius 1 is 1.18 bits per heavy atom. The molecule has 0 bridgehead atoms. The molecule has 0 aromatic heterocycles. The largest absolute Gasteiger partial charge is 0.489 e. The minimum absolute atomic E-state index is 0.265. The van der Waals surface area contributed by atoms with Gasteiger partial charge in [0, 0.05) is 6.54 Å². The third-order valence-corrected chi connectivity index (χ3v) is 2.93. The SMILES string of the molecule is CCCCc1ccc(OC(CC)CNC)cc1. The molecule has 1 aromatic carbocycles. The highest BCUT2D eigenvalue weighted by Crippen LogP contribution is 2.16. The highest BCUT2D eigenvalue weighted by atomic mass is 16.5. The van der Waals surface area contributed by atoms with Crippen LogP contribution in [0.3, 0.4) is 0 Å². The molecule has 0 fully saturated rings. The third kappa shape index (κ3) is 5.22. The number of ether oxygens (including phenoxy) is 1. The van der Waals surface area contributed by atoms with Crippen molar-refractivity contribution in [2.75, 3.05) is 13.6 Å². The van der Waals surface area contributed by atoms with Crippen LogP contribution < -0.4 is 10.1 Å². The maximum atomic E-state index is 5.90. The van der Waals surface area contributed by atoms with Gasteiger partial charge in [-0.1, -0.05) is 32.4 Å². The minimum Gasteiger partial charge on any atom is -0.489 e. The number of aryl methyl sites for hydroxylation is 1. The minimum atomic E-state index is 0.265. The zero-order valence-electron chi connectivity index (χ0n) is 11.3. The highest BCUT2D eigenvalue weighted by molar-refractivity contribution is 5.27. The Hall–Kier alpha value is -1.02. The molecule has 0 spiro atoms. The van der Waals surface area contributed by atoms with E-state index in [1.165, 1.54) is 24.8 Å². The molecule has 1 rings (SSSR count). The fourth-order valence-electron chi connectivity index (χ4n) is 1.81. The first kappa shape index (κ1) is 14.0. The second-order valence-corrected chi connectivity index (χ2v) is 4.45. The van der Waals surface area contributed by atoms with Crippen molar-refractivity contribution < 1.29 is 4.74 Å². The normalized spacial score (nSPS) is 12.4. The summed E-state index contributed by atoms with van der Waals surface area (Å²) in [6, 6.07) is 8.53. The zero-order valence-corrected chi connectivity index (χ0v) is 11.3. The van der Waals surface area contributed by atoms with E-state index >= 15 is 0 Å². The van der Waals surface area contributed by atoms with Crippen LogP contribution in [0, 0.1) is 0 Å². The molecule has 2 heteroatoms. The number of benzene rings is 1. The molecule has 0 amide bonds. The van der Waals surface area contributed by atoms with E-state index in [4.69, 9.17) is 4.74 Å². The Morgan fingerprint density at radius 2 is 1.88 bits per heavy atom. The molecule has 2 nitrogen and oxygen atoms in total. The lowest BCUT2D eigenvalue weighted by Crippen LogP contribution is -2.28. The zero-order chi connectivity index (χ0) is 12.5. The van der Waals surface area contributed by atoms with Crippen molar-refractivity contribution in [3.8, 4) is 5.75 Å². The van der Waals surface area contributed by atoms with Crippen LogP contribution in [-0.4, -0.2) is 19.7 Å². The molecule has 0 radical (unpaired) electrons. The maximum absolute atomic E-state index is 5.90. The molecule has 17 heavy (non-hydrogen) atoms. The van der Waals surface area contributed by atoms with Gasteiger partial charge in [0.25, 0.3) is 0 Å². The van der Waals surface area contributed by atoms with Gasteiger partial charge in [0.2, 0.25) is 0 Å². The molecule has 0 saturated carbocycles. The molecule has 1 N–H and O–H groups in total. The summed E-state index contributed by atoms with van der Waals surface area (Å²) in [6.07, 6.45) is 4.97. The summed E-state index contributed by atoms with van der Waals surface area (Å²) in [4.78, 5) is 0. The van der Waals surface area contributed by atoms with Gasteiger partial charge in [0.15, 0.2) is 0 Å². The molecular formula is C15H25NO. The molecule has 0 aliphatic carbocycles. The van der Waals surface area contributed by atoms with Gasteiger partial charge in [-0.15, -0.1) is 0 Å². The van der Waals surface area contributed by atoms with Crippen molar-refractivity contribution in [1.82, 2.24) is 5.32 Å². The van der Waals surface area contributed by atoms with Crippen molar-refractivity contribution in [3.05, 3.63) is 29.8 Å². The van der Waals surface area contributed by atoms with Crippen LogP contribution in [0.4, 0.5) is 0 Å². The monoisotopic (exact) mass is 235 g/mol. The van der Waals surface area contributed by atoms with Crippen molar-refractivity contribution in [3.63, 3.8) is 0 Å². The molecule has 0 saturated heterocycles. The first-order valence-corrected chi connectivity index (χ1v) is 6.70. The Morgan fingerprint density at radius 3 is 2.41 bits per heavy atom. The van der Waals surface area contributed by atoms with Gasteiger partial charge in [0.1, 0.15) is 11.9 Å². The fourth-order valence-corrected chi connectivity index (χ4v) is 1.81. The van der Waals surface area contributed by atoms with E-state index in [2.05, 4.69) is 43.4 Å². The van der Waals surface area contributed by atoms with Crippen LogP contribution >= 0.6 is 0 Å². The van der Waals surface area contributed by atoms with E-state index in [0.717, 1.165) is 18.7 Å². The maximum Gasteiger partial charge on any atom is 0.119 e. The smallest absolute Gasteiger partial charge is 0.119 e. The van der Waals surface area contributed by atoms with E-state index in [1.807, 2.05) is 7.05 Å². The summed E-state index contributed by atoms with van der Waals surface area (Å²) < 4.78 is 5.90. The fraction of sp³-hybridized carbons (Fsp3) is 0.600. The molecule has 1 unspecified atom stereocenters. The Bertz CT molecular complexity index is 294. The molecule has 0 heterocycles. The molecular weight excluding hydrogens is 210 g/mol. The summed E-state index contributed by atoms with van der Waals surface area (Å²) in [5, 5.41) is 3.15. The van der Waals surface area contributed by atoms with Crippen molar-refractivity contribution in [2.24, 2.45) is 0 Å². The van der Waals surface area contributed by atoms with Crippen LogP contribution in [0.15, 0.2) is 24.3 Å². The van der Waals surface area contributed by atoms with E-state index in [9.17, 15) is 0 Å². The van der Waals surface area contributed by atoms with Crippen LogP contribution in [-0.2, 0) is 6.42 Å². The van der Waals surface area contributed by atoms with Crippen LogP contribution in [0.25, 0.3) is 0 Å². The van der Waals surface area contributed by atoms with Crippen molar-refractivity contribution in [1.29, 1.82) is 0 Å². The van der Waals surface area contributed by atoms with Crippen LogP contribution in [0.1, 0.15) is 38.7 Å². The second-order valence-electron chi connectivity index (χ2n) is 4.45. The standard InChI is InChI=1S/C15H25NO/c1-4-6-7-13-8-10-15(11-9-13)17-14(5-2)12-16-3/h8-11,14,16H,4-7,12H2,1-3H3. The quantitative estimate of drug-likeness (QED) is 0.745. The Labute approximate surface area is 105 Å². The van der Waals surface area contributed by atoms with Gasteiger partial charge in [-0.25, -0.2) is 0 Å². The first-order chi connectivity index (χ1) is 8.30. The van der Waals surface area contributed by atoms with Crippen molar-refractivity contribution >= 4 is 0 Å². The topological polar surface area (TPSA) is 21.3 Å². The number of likely N-dealkylation sites (N-methyl/N-ethyl adjacent to an activating group) is 1. The van der Waals surface area contributed by atoms with E-state index in [-0.39, 0.29) is 6.10 Å². The summed E-state index contributed by atoms with van der Waals surface area (Å²) in [5.41, 5.74) is 1.40. The predicted octanol–water partition coefficient (Wildman–Crippen LogP) is 3.41. The molecule has 1 aromatic rings. The summed E-state index contributed by atoms with van der Waals surface area (Å²) >= 11 is 0. The lowest BCUT2D eigenvalue weighted by molar-refractivity contribution is 0.196. The molecule has 0 aliphatic rings. The van der Waals surface area contributed by atoms with Crippen LogP contribution in [0.5, 0.6) is 5.75 Å².